The number of likely N-dealkylation sites (tertiary alicyclic amines) is 1. The van der Waals surface area contributed by atoms with Gasteiger partial charge in [-0.1, -0.05) is 6.92 Å². The lowest BCUT2D eigenvalue weighted by Gasteiger charge is -2.38. The number of rotatable bonds is 4. The average Bonchev–Trinajstić information content (AvgIpc) is 2.27. The first-order valence-corrected chi connectivity index (χ1v) is 7.77. The van der Waals surface area contributed by atoms with Gasteiger partial charge in [-0.3, -0.25) is 4.79 Å². The fourth-order valence-corrected chi connectivity index (χ4v) is 3.68. The minimum atomic E-state index is -3.46. The van der Waals surface area contributed by atoms with Gasteiger partial charge < -0.3 is 4.90 Å². The number of sulfone groups is 1. The number of hydrogen-bond acceptors (Lipinski definition) is 3. The Morgan fingerprint density at radius 2 is 1.89 bits per heavy atom. The number of nitrogens with zero attached hydrogens (tertiary/aromatic N) is 1. The second-order valence-electron chi connectivity index (χ2n) is 4.67. The predicted octanol–water partition coefficient (Wildman–Crippen LogP) is 1.61. The zero-order valence-electron chi connectivity index (χ0n) is 10.7. The van der Waals surface area contributed by atoms with Gasteiger partial charge in [0.1, 0.15) is 11.1 Å². The first-order valence-electron chi connectivity index (χ1n) is 6.22. The molecule has 1 aliphatic heterocycles. The summed E-state index contributed by atoms with van der Waals surface area (Å²) in [5.41, 5.74) is 0. The molecule has 104 valence electrons. The van der Waals surface area contributed by atoms with Gasteiger partial charge in [-0.05, 0) is 30.7 Å². The van der Waals surface area contributed by atoms with Crippen LogP contribution in [0.4, 0.5) is 4.39 Å². The Labute approximate surface area is 112 Å². The highest BCUT2D eigenvalue weighted by Gasteiger charge is 2.39. The second kappa shape index (κ2) is 5.28. The maximum atomic E-state index is 12.8. The third-order valence-electron chi connectivity index (χ3n) is 3.25. The van der Waals surface area contributed by atoms with Gasteiger partial charge in [-0.15, -0.1) is 0 Å². The fourth-order valence-electron chi connectivity index (χ4n) is 2.03. The molecule has 0 aromatic heterocycles. The summed E-state index contributed by atoms with van der Waals surface area (Å²) in [6.07, 6.45) is 1.20. The summed E-state index contributed by atoms with van der Waals surface area (Å²) < 4.78 is 37.2. The molecular weight excluding hydrogens is 269 g/mol. The van der Waals surface area contributed by atoms with Crippen LogP contribution in [0.15, 0.2) is 29.2 Å². The van der Waals surface area contributed by atoms with Crippen LogP contribution in [0.25, 0.3) is 0 Å². The van der Waals surface area contributed by atoms with E-state index in [-0.39, 0.29) is 23.9 Å². The van der Waals surface area contributed by atoms with Gasteiger partial charge in [-0.25, -0.2) is 12.8 Å². The minimum absolute atomic E-state index is 0.00643. The number of carbonyl (C=O) groups excluding carboxylic acids is 1. The van der Waals surface area contributed by atoms with Gasteiger partial charge in [0.2, 0.25) is 5.91 Å². The van der Waals surface area contributed by atoms with E-state index in [2.05, 4.69) is 0 Å². The zero-order valence-corrected chi connectivity index (χ0v) is 11.5. The first kappa shape index (κ1) is 14.0. The highest BCUT2D eigenvalue weighted by molar-refractivity contribution is 7.92. The maximum absolute atomic E-state index is 12.8. The molecule has 0 N–H and O–H groups in total. The number of hydrogen-bond donors (Lipinski definition) is 0. The van der Waals surface area contributed by atoms with Gasteiger partial charge in [-0.2, -0.15) is 0 Å². The Bertz CT molecular complexity index is 562. The van der Waals surface area contributed by atoms with Gasteiger partial charge in [0.15, 0.2) is 9.84 Å². The van der Waals surface area contributed by atoms with E-state index < -0.39 is 20.9 Å². The standard InChI is InChI=1S/C13H16FNO3S/c1-2-3-13(16)15-8-12(9-15)19(17,18)11-6-4-10(14)5-7-11/h4-7,12H,2-3,8-9H2,1H3. The van der Waals surface area contributed by atoms with Crippen LogP contribution in [0.3, 0.4) is 0 Å². The second-order valence-corrected chi connectivity index (χ2v) is 6.90. The van der Waals surface area contributed by atoms with Crippen molar-refractivity contribution in [2.45, 2.75) is 29.9 Å². The van der Waals surface area contributed by atoms with Crippen molar-refractivity contribution in [3.8, 4) is 0 Å². The van der Waals surface area contributed by atoms with E-state index in [1.807, 2.05) is 6.92 Å². The van der Waals surface area contributed by atoms with Crippen LogP contribution >= 0.6 is 0 Å². The molecular formula is C13H16FNO3S. The van der Waals surface area contributed by atoms with Crippen LogP contribution in [-0.4, -0.2) is 37.6 Å². The molecule has 1 fully saturated rings. The third-order valence-corrected chi connectivity index (χ3v) is 5.35. The molecule has 0 saturated carbocycles. The summed E-state index contributed by atoms with van der Waals surface area (Å²) in [6.45, 7) is 2.38. The third kappa shape index (κ3) is 2.78. The molecule has 1 aromatic rings. The molecule has 6 heteroatoms. The molecule has 1 aromatic carbocycles. The van der Waals surface area contributed by atoms with E-state index in [9.17, 15) is 17.6 Å². The van der Waals surface area contributed by atoms with E-state index in [0.717, 1.165) is 18.6 Å². The summed E-state index contributed by atoms with van der Waals surface area (Å²) in [7, 11) is -3.46. The smallest absolute Gasteiger partial charge is 0.222 e. The van der Waals surface area contributed by atoms with Crippen LogP contribution < -0.4 is 0 Å². The highest BCUT2D eigenvalue weighted by atomic mass is 32.2. The normalized spacial score (nSPS) is 16.2. The van der Waals surface area contributed by atoms with Crippen LogP contribution in [0, 0.1) is 5.82 Å². The van der Waals surface area contributed by atoms with Crippen molar-refractivity contribution in [1.29, 1.82) is 0 Å². The van der Waals surface area contributed by atoms with Gasteiger partial charge in [0.05, 0.1) is 4.90 Å². The Morgan fingerprint density at radius 1 is 1.32 bits per heavy atom. The average molecular weight is 285 g/mol. The Balaban J connectivity index is 2.04. The molecule has 2 rings (SSSR count). The van der Waals surface area contributed by atoms with Crippen LogP contribution in [0.5, 0.6) is 0 Å². The molecule has 0 spiro atoms. The van der Waals surface area contributed by atoms with E-state index in [1.54, 1.807) is 4.90 Å². The fraction of sp³-hybridized carbons (Fsp3) is 0.462. The van der Waals surface area contributed by atoms with Gasteiger partial charge in [0.25, 0.3) is 0 Å². The number of carbonyl (C=O) groups is 1. The van der Waals surface area contributed by atoms with Crippen molar-refractivity contribution in [3.63, 3.8) is 0 Å². The molecule has 0 atom stereocenters. The van der Waals surface area contributed by atoms with Crippen molar-refractivity contribution >= 4 is 15.7 Å². The number of benzene rings is 1. The molecule has 0 aliphatic carbocycles. The number of halogens is 1. The molecule has 1 heterocycles. The summed E-state index contributed by atoms with van der Waals surface area (Å²) >= 11 is 0. The lowest BCUT2D eigenvalue weighted by atomic mass is 10.2. The topological polar surface area (TPSA) is 54.5 Å². The van der Waals surface area contributed by atoms with Crippen LogP contribution in [0.2, 0.25) is 0 Å². The Morgan fingerprint density at radius 3 is 2.42 bits per heavy atom. The highest BCUT2D eigenvalue weighted by Crippen LogP contribution is 2.24. The van der Waals surface area contributed by atoms with E-state index in [0.29, 0.717) is 6.42 Å². The summed E-state index contributed by atoms with van der Waals surface area (Å²) in [5.74, 6) is -0.472. The Kier molecular flexibility index (Phi) is 3.89. The van der Waals surface area contributed by atoms with E-state index in [1.165, 1.54) is 12.1 Å². The van der Waals surface area contributed by atoms with E-state index in [4.69, 9.17) is 0 Å². The largest absolute Gasteiger partial charge is 0.340 e. The maximum Gasteiger partial charge on any atom is 0.222 e. The monoisotopic (exact) mass is 285 g/mol. The van der Waals surface area contributed by atoms with Crippen LogP contribution in [0.1, 0.15) is 19.8 Å². The molecule has 19 heavy (non-hydrogen) atoms. The van der Waals surface area contributed by atoms with Crippen molar-refractivity contribution in [2.24, 2.45) is 0 Å². The summed E-state index contributed by atoms with van der Waals surface area (Å²) in [4.78, 5) is 13.2. The SMILES string of the molecule is CCCC(=O)N1CC(S(=O)(=O)c2ccc(F)cc2)C1. The first-order chi connectivity index (χ1) is 8.95. The molecule has 0 unspecified atom stereocenters. The van der Waals surface area contributed by atoms with Gasteiger partial charge >= 0.3 is 0 Å². The molecule has 1 saturated heterocycles. The van der Waals surface area contributed by atoms with Crippen LogP contribution in [-0.2, 0) is 14.6 Å². The molecule has 0 radical (unpaired) electrons. The van der Waals surface area contributed by atoms with Crippen molar-refractivity contribution in [1.82, 2.24) is 4.90 Å². The molecule has 1 amide bonds. The predicted molar refractivity (Wildman–Crippen MR) is 68.9 cm³/mol. The summed E-state index contributed by atoms with van der Waals surface area (Å²) in [5, 5.41) is -0.571. The zero-order chi connectivity index (χ0) is 14.0. The van der Waals surface area contributed by atoms with Crippen molar-refractivity contribution < 1.29 is 17.6 Å². The molecule has 1 aliphatic rings. The molecule has 4 nitrogen and oxygen atoms in total. The van der Waals surface area contributed by atoms with Gasteiger partial charge in [0, 0.05) is 19.5 Å². The number of amides is 1. The lowest BCUT2D eigenvalue weighted by molar-refractivity contribution is -0.134. The van der Waals surface area contributed by atoms with Crippen molar-refractivity contribution in [2.75, 3.05) is 13.1 Å². The Hall–Kier alpha value is -1.43. The summed E-state index contributed by atoms with van der Waals surface area (Å²) in [6, 6.07) is 4.79. The van der Waals surface area contributed by atoms with Crippen molar-refractivity contribution in [3.05, 3.63) is 30.1 Å². The molecule has 0 bridgehead atoms. The quantitative estimate of drug-likeness (QED) is 0.790. The minimum Gasteiger partial charge on any atom is -0.340 e. The van der Waals surface area contributed by atoms with E-state index >= 15 is 0 Å². The lowest BCUT2D eigenvalue weighted by Crippen LogP contribution is -2.56.